The smallest absolute Gasteiger partial charge is 0.215 e. The highest BCUT2D eigenvalue weighted by molar-refractivity contribution is 5.80. The minimum Gasteiger partial charge on any atom is -0.481 e. The molecule has 0 radical (unpaired) electrons. The number of hydrogen-bond acceptors (Lipinski definition) is 5. The van der Waals surface area contributed by atoms with Crippen molar-refractivity contribution in [3.63, 3.8) is 0 Å². The Morgan fingerprint density at radius 1 is 0.952 bits per heavy atom. The van der Waals surface area contributed by atoms with Gasteiger partial charge in [0.1, 0.15) is 17.5 Å². The first kappa shape index (κ1) is 11.8. The number of fused-ring (bicyclic) bond motifs is 3. The largest absolute Gasteiger partial charge is 0.481 e. The molecule has 0 spiro atoms. The topological polar surface area (TPSA) is 65.2 Å². The van der Waals surface area contributed by atoms with E-state index >= 15 is 0 Å². The second-order valence-corrected chi connectivity index (χ2v) is 4.55. The zero-order valence-corrected chi connectivity index (χ0v) is 11.3. The minimum atomic E-state index is 0.534. The molecular formula is C15H11N5O. The number of imidazole rings is 1. The van der Waals surface area contributed by atoms with E-state index in [1.807, 2.05) is 40.8 Å². The Balaban J connectivity index is 2.03. The number of benzene rings is 1. The Kier molecular flexibility index (Phi) is 2.53. The summed E-state index contributed by atoms with van der Waals surface area (Å²) >= 11 is 0. The first-order chi connectivity index (χ1) is 10.4. The van der Waals surface area contributed by atoms with Crippen LogP contribution in [0.4, 0.5) is 0 Å². The summed E-state index contributed by atoms with van der Waals surface area (Å²) in [6.45, 7) is 0. The summed E-state index contributed by atoms with van der Waals surface area (Å²) in [6.07, 6.45) is 1.71. The fourth-order valence-electron chi connectivity index (χ4n) is 2.29. The van der Waals surface area contributed by atoms with Gasteiger partial charge in [0.05, 0.1) is 7.11 Å². The standard InChI is InChI=1S/C15H11N5O/c1-21-12-8-7-11-14(17-12)20-9-16-13(15(20)19-18-11)10-5-3-2-4-6-10/h2-9H,1H3. The van der Waals surface area contributed by atoms with Crippen molar-refractivity contribution in [1.82, 2.24) is 24.6 Å². The first-order valence-corrected chi connectivity index (χ1v) is 6.47. The van der Waals surface area contributed by atoms with E-state index in [1.165, 1.54) is 0 Å². The Hall–Kier alpha value is -3.02. The van der Waals surface area contributed by atoms with Gasteiger partial charge in [-0.25, -0.2) is 4.98 Å². The Bertz CT molecular complexity index is 933. The fourth-order valence-corrected chi connectivity index (χ4v) is 2.29. The van der Waals surface area contributed by atoms with Crippen LogP contribution in [0.1, 0.15) is 0 Å². The van der Waals surface area contributed by atoms with Crippen LogP contribution in [-0.4, -0.2) is 31.7 Å². The lowest BCUT2D eigenvalue weighted by Crippen LogP contribution is -1.98. The molecule has 0 N–H and O–H groups in total. The highest BCUT2D eigenvalue weighted by Crippen LogP contribution is 2.23. The van der Waals surface area contributed by atoms with Crippen molar-refractivity contribution < 1.29 is 4.74 Å². The summed E-state index contributed by atoms with van der Waals surface area (Å²) in [5.74, 6) is 0.534. The zero-order chi connectivity index (χ0) is 14.2. The van der Waals surface area contributed by atoms with Crippen LogP contribution in [0.25, 0.3) is 28.1 Å². The highest BCUT2D eigenvalue weighted by Gasteiger charge is 2.12. The summed E-state index contributed by atoms with van der Waals surface area (Å²) < 4.78 is 7.00. The van der Waals surface area contributed by atoms with Crippen LogP contribution in [0.2, 0.25) is 0 Å². The Labute approximate surface area is 120 Å². The lowest BCUT2D eigenvalue weighted by Gasteiger charge is -2.03. The van der Waals surface area contributed by atoms with E-state index in [0.717, 1.165) is 11.3 Å². The van der Waals surface area contributed by atoms with Gasteiger partial charge >= 0.3 is 0 Å². The van der Waals surface area contributed by atoms with Crippen molar-refractivity contribution in [2.24, 2.45) is 0 Å². The summed E-state index contributed by atoms with van der Waals surface area (Å²) in [6, 6.07) is 13.5. The molecule has 6 nitrogen and oxygen atoms in total. The predicted molar refractivity (Wildman–Crippen MR) is 78.1 cm³/mol. The first-order valence-electron chi connectivity index (χ1n) is 6.47. The highest BCUT2D eigenvalue weighted by atomic mass is 16.5. The molecule has 0 saturated heterocycles. The van der Waals surface area contributed by atoms with E-state index in [-0.39, 0.29) is 0 Å². The molecule has 3 heterocycles. The summed E-state index contributed by atoms with van der Waals surface area (Å²) in [7, 11) is 1.59. The second kappa shape index (κ2) is 4.52. The Morgan fingerprint density at radius 2 is 1.81 bits per heavy atom. The number of nitrogens with zero attached hydrogens (tertiary/aromatic N) is 5. The van der Waals surface area contributed by atoms with Gasteiger partial charge in [-0.05, 0) is 6.07 Å². The van der Waals surface area contributed by atoms with E-state index in [4.69, 9.17) is 4.74 Å². The van der Waals surface area contributed by atoms with Gasteiger partial charge in [-0.15, -0.1) is 10.2 Å². The molecule has 3 aromatic heterocycles. The third-order valence-corrected chi connectivity index (χ3v) is 3.31. The van der Waals surface area contributed by atoms with Crippen molar-refractivity contribution in [1.29, 1.82) is 0 Å². The van der Waals surface area contributed by atoms with Crippen LogP contribution in [0.5, 0.6) is 5.88 Å². The third kappa shape index (κ3) is 1.80. The van der Waals surface area contributed by atoms with Crippen molar-refractivity contribution in [2.75, 3.05) is 7.11 Å². The number of pyridine rings is 1. The van der Waals surface area contributed by atoms with Gasteiger partial charge in [0.15, 0.2) is 11.3 Å². The van der Waals surface area contributed by atoms with Gasteiger partial charge in [0, 0.05) is 11.6 Å². The van der Waals surface area contributed by atoms with Crippen LogP contribution < -0.4 is 4.74 Å². The average molecular weight is 277 g/mol. The van der Waals surface area contributed by atoms with Crippen LogP contribution >= 0.6 is 0 Å². The lowest BCUT2D eigenvalue weighted by atomic mass is 10.2. The number of rotatable bonds is 2. The molecule has 0 saturated carbocycles. The molecular weight excluding hydrogens is 266 g/mol. The molecule has 21 heavy (non-hydrogen) atoms. The van der Waals surface area contributed by atoms with Crippen molar-refractivity contribution >= 4 is 16.8 Å². The van der Waals surface area contributed by atoms with Crippen LogP contribution in [-0.2, 0) is 0 Å². The molecule has 0 aliphatic rings. The maximum atomic E-state index is 5.17. The van der Waals surface area contributed by atoms with Crippen molar-refractivity contribution in [3.8, 4) is 17.1 Å². The normalized spacial score (nSPS) is 11.1. The van der Waals surface area contributed by atoms with Crippen molar-refractivity contribution in [3.05, 3.63) is 48.8 Å². The maximum Gasteiger partial charge on any atom is 0.215 e. The number of methoxy groups -OCH3 is 1. The summed E-state index contributed by atoms with van der Waals surface area (Å²) in [5, 5.41) is 8.49. The third-order valence-electron chi connectivity index (χ3n) is 3.31. The Morgan fingerprint density at radius 3 is 2.62 bits per heavy atom. The van der Waals surface area contributed by atoms with E-state index in [0.29, 0.717) is 22.7 Å². The summed E-state index contributed by atoms with van der Waals surface area (Å²) in [5.41, 5.74) is 3.83. The molecule has 1 aromatic carbocycles. The number of aromatic nitrogens is 5. The number of hydrogen-bond donors (Lipinski definition) is 0. The van der Waals surface area contributed by atoms with Crippen LogP contribution in [0, 0.1) is 0 Å². The quantitative estimate of drug-likeness (QED) is 0.562. The molecule has 0 fully saturated rings. The second-order valence-electron chi connectivity index (χ2n) is 4.55. The molecule has 0 atom stereocenters. The monoisotopic (exact) mass is 277 g/mol. The molecule has 4 rings (SSSR count). The summed E-state index contributed by atoms with van der Waals surface area (Å²) in [4.78, 5) is 8.88. The molecule has 0 aliphatic heterocycles. The van der Waals surface area contributed by atoms with Gasteiger partial charge < -0.3 is 4.74 Å². The lowest BCUT2D eigenvalue weighted by molar-refractivity contribution is 0.399. The van der Waals surface area contributed by atoms with Gasteiger partial charge in [-0.3, -0.25) is 4.40 Å². The SMILES string of the molecule is COc1ccc2nnc3c(-c4ccccc4)ncn3c2n1. The number of ether oxygens (including phenoxy) is 1. The molecule has 102 valence electrons. The van der Waals surface area contributed by atoms with Gasteiger partial charge in [0.25, 0.3) is 0 Å². The molecule has 0 unspecified atom stereocenters. The molecule has 0 amide bonds. The molecule has 0 aliphatic carbocycles. The van der Waals surface area contributed by atoms with E-state index in [9.17, 15) is 0 Å². The van der Waals surface area contributed by atoms with Crippen LogP contribution in [0.15, 0.2) is 48.8 Å². The van der Waals surface area contributed by atoms with E-state index in [1.54, 1.807) is 19.5 Å². The van der Waals surface area contributed by atoms with Gasteiger partial charge in [0.2, 0.25) is 5.88 Å². The maximum absolute atomic E-state index is 5.17. The predicted octanol–water partition coefficient (Wildman–Crippen LogP) is 2.35. The molecule has 0 bridgehead atoms. The van der Waals surface area contributed by atoms with E-state index < -0.39 is 0 Å². The van der Waals surface area contributed by atoms with Gasteiger partial charge in [-0.2, -0.15) is 4.98 Å². The average Bonchev–Trinajstić information content (AvgIpc) is 2.99. The molecule has 6 heteroatoms. The van der Waals surface area contributed by atoms with Gasteiger partial charge in [-0.1, -0.05) is 30.3 Å². The van der Waals surface area contributed by atoms with E-state index in [2.05, 4.69) is 20.2 Å². The van der Waals surface area contributed by atoms with Crippen molar-refractivity contribution in [2.45, 2.75) is 0 Å². The fraction of sp³-hybridized carbons (Fsp3) is 0.0667. The molecule has 4 aromatic rings. The minimum absolute atomic E-state index is 0.534. The van der Waals surface area contributed by atoms with Crippen LogP contribution in [0.3, 0.4) is 0 Å². The zero-order valence-electron chi connectivity index (χ0n) is 11.3.